The molecule has 4 rings (SSSR count). The Hall–Kier alpha value is -3.57. The molecule has 1 unspecified atom stereocenters. The minimum absolute atomic E-state index is 0.110. The van der Waals surface area contributed by atoms with E-state index in [1.165, 1.54) is 0 Å². The largest absolute Gasteiger partial charge is 0.449 e. The van der Waals surface area contributed by atoms with Crippen LogP contribution >= 0.6 is 11.6 Å². The average molecular weight is 461 g/mol. The van der Waals surface area contributed by atoms with Gasteiger partial charge in [-0.05, 0) is 66.9 Å². The Morgan fingerprint density at radius 1 is 1.06 bits per heavy atom. The smallest absolute Gasteiger partial charge is 0.294 e. The van der Waals surface area contributed by atoms with Crippen LogP contribution in [-0.2, 0) is 11.3 Å². The number of para-hydroxylation sites is 2. The Balaban J connectivity index is 1.59. The SMILES string of the molecule is CCC(C)NC(=O)c1ccc(/C=C2\Oc3ccccc3N(Cc3ccc(Cl)cc3)C2=O)cc1. The first-order chi connectivity index (χ1) is 15.9. The predicted octanol–water partition coefficient (Wildman–Crippen LogP) is 5.84. The average Bonchev–Trinajstić information content (AvgIpc) is 2.83. The van der Waals surface area contributed by atoms with Gasteiger partial charge in [-0.1, -0.05) is 54.9 Å². The van der Waals surface area contributed by atoms with Crippen LogP contribution in [-0.4, -0.2) is 17.9 Å². The number of hydrogen-bond donors (Lipinski definition) is 1. The molecule has 0 spiro atoms. The van der Waals surface area contributed by atoms with Crippen LogP contribution in [0.3, 0.4) is 0 Å². The van der Waals surface area contributed by atoms with E-state index in [1.54, 1.807) is 35.2 Å². The number of benzene rings is 3. The Morgan fingerprint density at radius 2 is 1.76 bits per heavy atom. The third-order valence-corrected chi connectivity index (χ3v) is 5.80. The molecule has 168 valence electrons. The zero-order chi connectivity index (χ0) is 23.4. The van der Waals surface area contributed by atoms with Gasteiger partial charge in [0, 0.05) is 16.6 Å². The number of amides is 2. The van der Waals surface area contributed by atoms with Crippen molar-refractivity contribution < 1.29 is 14.3 Å². The first-order valence-electron chi connectivity index (χ1n) is 10.9. The number of hydrogen-bond acceptors (Lipinski definition) is 3. The predicted molar refractivity (Wildman–Crippen MR) is 131 cm³/mol. The second kappa shape index (κ2) is 9.92. The van der Waals surface area contributed by atoms with Crippen LogP contribution in [0.5, 0.6) is 5.75 Å². The highest BCUT2D eigenvalue weighted by Crippen LogP contribution is 2.36. The Morgan fingerprint density at radius 3 is 2.45 bits per heavy atom. The zero-order valence-corrected chi connectivity index (χ0v) is 19.3. The van der Waals surface area contributed by atoms with Crippen molar-refractivity contribution >= 4 is 35.2 Å². The molecule has 0 bridgehead atoms. The molecule has 3 aromatic rings. The fourth-order valence-electron chi connectivity index (χ4n) is 3.48. The van der Waals surface area contributed by atoms with Gasteiger partial charge in [-0.3, -0.25) is 14.5 Å². The van der Waals surface area contributed by atoms with Crippen molar-refractivity contribution in [2.75, 3.05) is 4.90 Å². The van der Waals surface area contributed by atoms with E-state index in [-0.39, 0.29) is 23.6 Å². The van der Waals surface area contributed by atoms with Gasteiger partial charge in [0.15, 0.2) is 11.5 Å². The van der Waals surface area contributed by atoms with Gasteiger partial charge in [0.05, 0.1) is 12.2 Å². The van der Waals surface area contributed by atoms with E-state index in [0.717, 1.165) is 17.5 Å². The van der Waals surface area contributed by atoms with E-state index in [1.807, 2.05) is 62.4 Å². The summed E-state index contributed by atoms with van der Waals surface area (Å²) in [5.74, 6) is 0.486. The molecule has 1 N–H and O–H groups in total. The van der Waals surface area contributed by atoms with Crippen molar-refractivity contribution in [3.63, 3.8) is 0 Å². The molecule has 5 nitrogen and oxygen atoms in total. The van der Waals surface area contributed by atoms with Gasteiger partial charge in [0.1, 0.15) is 0 Å². The van der Waals surface area contributed by atoms with Gasteiger partial charge >= 0.3 is 0 Å². The molecule has 6 heteroatoms. The van der Waals surface area contributed by atoms with Crippen molar-refractivity contribution in [2.24, 2.45) is 0 Å². The second-order valence-electron chi connectivity index (χ2n) is 8.00. The lowest BCUT2D eigenvalue weighted by atomic mass is 10.1. The molecule has 0 saturated heterocycles. The standard InChI is InChI=1S/C27H25ClN2O3/c1-3-18(2)29-26(31)21-12-8-19(9-13-21)16-25-27(32)30(17-20-10-14-22(28)15-11-20)23-6-4-5-7-24(23)33-25/h4-16,18H,3,17H2,1-2H3,(H,29,31)/b25-16-. The third-order valence-electron chi connectivity index (χ3n) is 5.55. The van der Waals surface area contributed by atoms with Gasteiger partial charge in [0.2, 0.25) is 0 Å². The van der Waals surface area contributed by atoms with Crippen LogP contribution in [0.1, 0.15) is 41.8 Å². The Bertz CT molecular complexity index is 1190. The second-order valence-corrected chi connectivity index (χ2v) is 8.44. The van der Waals surface area contributed by atoms with Crippen LogP contribution in [0.25, 0.3) is 6.08 Å². The number of carbonyl (C=O) groups excluding carboxylic acids is 2. The van der Waals surface area contributed by atoms with Crippen LogP contribution in [0.15, 0.2) is 78.6 Å². The lowest BCUT2D eigenvalue weighted by Gasteiger charge is -2.30. The first kappa shape index (κ1) is 22.6. The Kier molecular flexibility index (Phi) is 6.80. The summed E-state index contributed by atoms with van der Waals surface area (Å²) in [5.41, 5.74) is 3.01. The topological polar surface area (TPSA) is 58.6 Å². The first-order valence-corrected chi connectivity index (χ1v) is 11.3. The molecule has 1 aliphatic heterocycles. The fraction of sp³-hybridized carbons (Fsp3) is 0.185. The summed E-state index contributed by atoms with van der Waals surface area (Å²) in [4.78, 5) is 27.4. The minimum Gasteiger partial charge on any atom is -0.449 e. The van der Waals surface area contributed by atoms with Crippen LogP contribution in [0.2, 0.25) is 5.02 Å². The van der Waals surface area contributed by atoms with Gasteiger partial charge in [-0.15, -0.1) is 0 Å². The molecule has 0 saturated carbocycles. The zero-order valence-electron chi connectivity index (χ0n) is 18.5. The summed E-state index contributed by atoms with van der Waals surface area (Å²) in [6, 6.07) is 22.1. The molecule has 2 amide bonds. The van der Waals surface area contributed by atoms with Gasteiger partial charge in [-0.2, -0.15) is 0 Å². The maximum atomic E-state index is 13.3. The summed E-state index contributed by atoms with van der Waals surface area (Å²) < 4.78 is 5.95. The quantitative estimate of drug-likeness (QED) is 0.470. The van der Waals surface area contributed by atoms with E-state index in [4.69, 9.17) is 16.3 Å². The molecular weight excluding hydrogens is 436 g/mol. The highest BCUT2D eigenvalue weighted by Gasteiger charge is 2.30. The summed E-state index contributed by atoms with van der Waals surface area (Å²) in [6.45, 7) is 4.38. The van der Waals surface area contributed by atoms with E-state index in [9.17, 15) is 9.59 Å². The summed E-state index contributed by atoms with van der Waals surface area (Å²) in [5, 5.41) is 3.60. The minimum atomic E-state index is -0.234. The number of nitrogens with one attached hydrogen (secondary N) is 1. The number of carbonyl (C=O) groups is 2. The molecule has 1 atom stereocenters. The molecule has 0 fully saturated rings. The molecule has 0 radical (unpaired) electrons. The highest BCUT2D eigenvalue weighted by atomic mass is 35.5. The highest BCUT2D eigenvalue weighted by molar-refractivity contribution is 6.30. The summed E-state index contributed by atoms with van der Waals surface area (Å²) >= 11 is 6.01. The third kappa shape index (κ3) is 5.26. The van der Waals surface area contributed by atoms with Crippen molar-refractivity contribution in [1.29, 1.82) is 0 Å². The molecule has 0 aromatic heterocycles. The van der Waals surface area contributed by atoms with Crippen molar-refractivity contribution in [3.8, 4) is 5.75 Å². The number of anilines is 1. The number of rotatable bonds is 6. The molecule has 3 aromatic carbocycles. The molecule has 1 heterocycles. The molecule has 1 aliphatic rings. The lowest BCUT2D eigenvalue weighted by molar-refractivity contribution is -0.117. The number of ether oxygens (including phenoxy) is 1. The van der Waals surface area contributed by atoms with Crippen LogP contribution in [0, 0.1) is 0 Å². The van der Waals surface area contributed by atoms with E-state index >= 15 is 0 Å². The normalized spacial score (nSPS) is 15.1. The number of nitrogens with zero attached hydrogens (tertiary/aromatic N) is 1. The van der Waals surface area contributed by atoms with Crippen LogP contribution < -0.4 is 15.0 Å². The Labute approximate surface area is 198 Å². The fourth-order valence-corrected chi connectivity index (χ4v) is 3.61. The van der Waals surface area contributed by atoms with Gasteiger partial charge < -0.3 is 10.1 Å². The number of halogens is 1. The molecular formula is C27H25ClN2O3. The van der Waals surface area contributed by atoms with Gasteiger partial charge in [0.25, 0.3) is 11.8 Å². The van der Waals surface area contributed by atoms with Crippen LogP contribution in [0.4, 0.5) is 5.69 Å². The van der Waals surface area contributed by atoms with E-state index < -0.39 is 0 Å². The monoisotopic (exact) mass is 460 g/mol. The maximum absolute atomic E-state index is 13.3. The molecule has 33 heavy (non-hydrogen) atoms. The maximum Gasteiger partial charge on any atom is 0.294 e. The number of fused-ring (bicyclic) bond motifs is 1. The van der Waals surface area contributed by atoms with E-state index in [2.05, 4.69) is 5.32 Å². The lowest BCUT2D eigenvalue weighted by Crippen LogP contribution is -2.36. The summed E-state index contributed by atoms with van der Waals surface area (Å²) in [6.07, 6.45) is 2.56. The summed E-state index contributed by atoms with van der Waals surface area (Å²) in [7, 11) is 0. The van der Waals surface area contributed by atoms with E-state index in [0.29, 0.717) is 28.6 Å². The van der Waals surface area contributed by atoms with Crippen molar-refractivity contribution in [1.82, 2.24) is 5.32 Å². The van der Waals surface area contributed by atoms with Crippen molar-refractivity contribution in [2.45, 2.75) is 32.9 Å². The van der Waals surface area contributed by atoms with Crippen molar-refractivity contribution in [3.05, 3.63) is 100 Å². The van der Waals surface area contributed by atoms with Gasteiger partial charge in [-0.25, -0.2) is 0 Å². The molecule has 0 aliphatic carbocycles.